The Morgan fingerprint density at radius 1 is 1.15 bits per heavy atom. The van der Waals surface area contributed by atoms with Gasteiger partial charge in [-0.05, 0) is 38.1 Å². The number of halogens is 1. The second-order valence-corrected chi connectivity index (χ2v) is 7.10. The number of aryl methyl sites for hydroxylation is 2. The largest absolute Gasteiger partial charge is 0.369 e. The molecule has 1 fully saturated rings. The van der Waals surface area contributed by atoms with Crippen LogP contribution in [-0.4, -0.2) is 59.9 Å². The van der Waals surface area contributed by atoms with Gasteiger partial charge in [0.1, 0.15) is 5.82 Å². The van der Waals surface area contributed by atoms with Crippen LogP contribution in [0.3, 0.4) is 0 Å². The first-order valence-electron chi connectivity index (χ1n) is 9.42. The van der Waals surface area contributed by atoms with Crippen molar-refractivity contribution in [2.75, 3.05) is 44.2 Å². The quantitative estimate of drug-likeness (QED) is 0.837. The predicted octanol–water partition coefficient (Wildman–Crippen LogP) is 1.66. The van der Waals surface area contributed by atoms with Gasteiger partial charge < -0.3 is 10.2 Å². The molecule has 146 valence electrons. The predicted molar refractivity (Wildman–Crippen MR) is 104 cm³/mol. The third-order valence-electron chi connectivity index (χ3n) is 5.31. The van der Waals surface area contributed by atoms with E-state index in [1.54, 1.807) is 0 Å². The summed E-state index contributed by atoms with van der Waals surface area (Å²) in [4.78, 5) is 16.8. The van der Waals surface area contributed by atoms with Crippen molar-refractivity contribution in [3.8, 4) is 0 Å². The van der Waals surface area contributed by atoms with Crippen LogP contribution in [0.15, 0.2) is 24.3 Å². The Labute approximate surface area is 160 Å². The summed E-state index contributed by atoms with van der Waals surface area (Å²) in [5.74, 6) is -0.163. The molecule has 6 nitrogen and oxygen atoms in total. The molecule has 1 saturated heterocycles. The van der Waals surface area contributed by atoms with Crippen molar-refractivity contribution in [3.63, 3.8) is 0 Å². The maximum absolute atomic E-state index is 13.0. The van der Waals surface area contributed by atoms with E-state index >= 15 is 0 Å². The van der Waals surface area contributed by atoms with Gasteiger partial charge in [0.25, 0.3) is 0 Å². The van der Waals surface area contributed by atoms with Gasteiger partial charge >= 0.3 is 0 Å². The van der Waals surface area contributed by atoms with E-state index in [9.17, 15) is 9.18 Å². The van der Waals surface area contributed by atoms with E-state index in [1.165, 1.54) is 12.1 Å². The Morgan fingerprint density at radius 3 is 2.41 bits per heavy atom. The number of carbonyl (C=O) groups is 1. The minimum Gasteiger partial charge on any atom is -0.369 e. The van der Waals surface area contributed by atoms with Gasteiger partial charge in [0.15, 0.2) is 0 Å². The number of hydrogen-bond donors (Lipinski definition) is 1. The number of carbonyl (C=O) groups excluding carboxylic acids is 1. The van der Waals surface area contributed by atoms with Gasteiger partial charge in [0.05, 0.1) is 12.1 Å². The van der Waals surface area contributed by atoms with Gasteiger partial charge in [-0.25, -0.2) is 4.39 Å². The van der Waals surface area contributed by atoms with E-state index in [0.29, 0.717) is 13.0 Å². The number of hydrogen-bond acceptors (Lipinski definition) is 4. The van der Waals surface area contributed by atoms with Crippen LogP contribution >= 0.6 is 0 Å². The minimum absolute atomic E-state index is 0.0409. The van der Waals surface area contributed by atoms with E-state index < -0.39 is 0 Å². The number of piperazine rings is 1. The van der Waals surface area contributed by atoms with Crippen LogP contribution in [-0.2, 0) is 18.3 Å². The van der Waals surface area contributed by atoms with Crippen LogP contribution in [0, 0.1) is 19.7 Å². The molecular weight excluding hydrogens is 345 g/mol. The molecule has 0 radical (unpaired) electrons. The highest BCUT2D eigenvalue weighted by Crippen LogP contribution is 2.16. The summed E-state index contributed by atoms with van der Waals surface area (Å²) in [6.07, 6.45) is 0.379. The highest BCUT2D eigenvalue weighted by Gasteiger charge is 2.18. The minimum atomic E-state index is -0.204. The zero-order valence-corrected chi connectivity index (χ0v) is 16.3. The van der Waals surface area contributed by atoms with Gasteiger partial charge in [0.2, 0.25) is 5.91 Å². The first-order chi connectivity index (χ1) is 12.9. The molecule has 0 saturated carbocycles. The average Bonchev–Trinajstić information content (AvgIpc) is 2.89. The molecule has 3 rings (SSSR count). The number of aromatic nitrogens is 2. The van der Waals surface area contributed by atoms with Crippen molar-refractivity contribution >= 4 is 11.6 Å². The van der Waals surface area contributed by atoms with Gasteiger partial charge in [-0.1, -0.05) is 0 Å². The normalized spacial score (nSPS) is 15.2. The molecule has 0 unspecified atom stereocenters. The maximum atomic E-state index is 13.0. The standard InChI is InChI=1S/C20H28FN5O/c1-15-19(16(2)24(3)23-15)14-20(27)22-8-9-25-10-12-26(13-11-25)18-6-4-17(21)5-7-18/h4-7H,8-14H2,1-3H3,(H,22,27). The Bertz CT molecular complexity index is 778. The molecule has 2 aromatic rings. The third kappa shape index (κ3) is 4.86. The van der Waals surface area contributed by atoms with Crippen molar-refractivity contribution in [3.05, 3.63) is 47.0 Å². The highest BCUT2D eigenvalue weighted by atomic mass is 19.1. The van der Waals surface area contributed by atoms with E-state index in [-0.39, 0.29) is 11.7 Å². The number of nitrogens with one attached hydrogen (secondary N) is 1. The Balaban J connectivity index is 1.39. The average molecular weight is 373 g/mol. The van der Waals surface area contributed by atoms with E-state index in [2.05, 4.69) is 20.2 Å². The summed E-state index contributed by atoms with van der Waals surface area (Å²) in [6.45, 7) is 9.12. The lowest BCUT2D eigenvalue weighted by atomic mass is 10.1. The Kier molecular flexibility index (Phi) is 6.11. The van der Waals surface area contributed by atoms with Crippen molar-refractivity contribution in [1.29, 1.82) is 0 Å². The number of anilines is 1. The van der Waals surface area contributed by atoms with Gasteiger partial charge in [0, 0.05) is 63.3 Å². The summed E-state index contributed by atoms with van der Waals surface area (Å²) >= 11 is 0. The lowest BCUT2D eigenvalue weighted by Crippen LogP contribution is -2.48. The lowest BCUT2D eigenvalue weighted by Gasteiger charge is -2.36. The van der Waals surface area contributed by atoms with Crippen LogP contribution in [0.2, 0.25) is 0 Å². The molecule has 0 spiro atoms. The van der Waals surface area contributed by atoms with Crippen molar-refractivity contribution in [2.24, 2.45) is 7.05 Å². The zero-order valence-electron chi connectivity index (χ0n) is 16.3. The van der Waals surface area contributed by atoms with Gasteiger partial charge in [-0.15, -0.1) is 0 Å². The van der Waals surface area contributed by atoms with Crippen molar-refractivity contribution in [1.82, 2.24) is 20.0 Å². The van der Waals surface area contributed by atoms with Crippen LogP contribution in [0.4, 0.5) is 10.1 Å². The molecule has 0 atom stereocenters. The third-order valence-corrected chi connectivity index (χ3v) is 5.31. The molecule has 1 aliphatic rings. The number of nitrogens with zero attached hydrogens (tertiary/aromatic N) is 4. The zero-order chi connectivity index (χ0) is 19.4. The summed E-state index contributed by atoms with van der Waals surface area (Å²) in [5, 5.41) is 7.38. The number of amides is 1. The van der Waals surface area contributed by atoms with Crippen LogP contribution in [0.1, 0.15) is 17.0 Å². The topological polar surface area (TPSA) is 53.4 Å². The molecule has 0 aliphatic carbocycles. The van der Waals surface area contributed by atoms with E-state index in [4.69, 9.17) is 0 Å². The molecule has 1 N–H and O–H groups in total. The molecule has 1 aromatic carbocycles. The molecule has 1 aromatic heterocycles. The number of benzene rings is 1. The number of rotatable bonds is 6. The van der Waals surface area contributed by atoms with Crippen LogP contribution in [0.5, 0.6) is 0 Å². The first kappa shape index (κ1) is 19.4. The molecule has 0 bridgehead atoms. The molecular formula is C20H28FN5O. The fourth-order valence-electron chi connectivity index (χ4n) is 3.53. The summed E-state index contributed by atoms with van der Waals surface area (Å²) in [6, 6.07) is 6.66. The SMILES string of the molecule is Cc1nn(C)c(C)c1CC(=O)NCCN1CCN(c2ccc(F)cc2)CC1. The molecule has 1 aliphatic heterocycles. The van der Waals surface area contributed by atoms with Gasteiger partial charge in [-0.3, -0.25) is 14.4 Å². The Morgan fingerprint density at radius 2 is 1.81 bits per heavy atom. The van der Waals surface area contributed by atoms with Crippen LogP contribution in [0.25, 0.3) is 0 Å². The van der Waals surface area contributed by atoms with E-state index in [1.807, 2.05) is 37.7 Å². The Hall–Kier alpha value is -2.41. The summed E-state index contributed by atoms with van der Waals surface area (Å²) < 4.78 is 14.9. The second-order valence-electron chi connectivity index (χ2n) is 7.10. The molecule has 7 heteroatoms. The summed E-state index contributed by atoms with van der Waals surface area (Å²) in [7, 11) is 1.90. The van der Waals surface area contributed by atoms with E-state index in [0.717, 1.165) is 55.4 Å². The van der Waals surface area contributed by atoms with Crippen LogP contribution < -0.4 is 10.2 Å². The second kappa shape index (κ2) is 8.52. The molecule has 27 heavy (non-hydrogen) atoms. The summed E-state index contributed by atoms with van der Waals surface area (Å²) in [5.41, 5.74) is 4.04. The fourth-order valence-corrected chi connectivity index (χ4v) is 3.53. The van der Waals surface area contributed by atoms with Crippen molar-refractivity contribution in [2.45, 2.75) is 20.3 Å². The lowest BCUT2D eigenvalue weighted by molar-refractivity contribution is -0.120. The maximum Gasteiger partial charge on any atom is 0.224 e. The van der Waals surface area contributed by atoms with Crippen molar-refractivity contribution < 1.29 is 9.18 Å². The fraction of sp³-hybridized carbons (Fsp3) is 0.500. The molecule has 2 heterocycles. The monoisotopic (exact) mass is 373 g/mol. The highest BCUT2D eigenvalue weighted by molar-refractivity contribution is 5.79. The first-order valence-corrected chi connectivity index (χ1v) is 9.42. The molecule has 1 amide bonds. The van der Waals surface area contributed by atoms with Gasteiger partial charge in [-0.2, -0.15) is 5.10 Å². The smallest absolute Gasteiger partial charge is 0.224 e.